The summed E-state index contributed by atoms with van der Waals surface area (Å²) in [7, 11) is -4.80. The van der Waals surface area contributed by atoms with E-state index in [1.165, 1.54) is 0 Å². The molecule has 0 aliphatic heterocycles. The molecule has 0 aliphatic rings. The molecule has 0 aromatic heterocycles. The van der Waals surface area contributed by atoms with Crippen LogP contribution in [0.3, 0.4) is 0 Å². The number of hydrogen-bond acceptors (Lipinski definition) is 4. The molecule has 0 unspecified atom stereocenters. The van der Waals surface area contributed by atoms with Crippen molar-refractivity contribution in [3.63, 3.8) is 0 Å². The fourth-order valence-electron chi connectivity index (χ4n) is 0. The Labute approximate surface area is 59.1 Å². The second kappa shape index (κ2) is 3.72. The smallest absolute Gasteiger partial charge is 1.00 e. The van der Waals surface area contributed by atoms with Gasteiger partial charge in [0.25, 0.3) is 0 Å². The third-order valence-corrected chi connectivity index (χ3v) is 0.311. The van der Waals surface area contributed by atoms with Gasteiger partial charge in [0.1, 0.15) is 0 Å². The number of rotatable bonds is 1. The third kappa shape index (κ3) is 10.8. The quantitative estimate of drug-likeness (QED) is 0.374. The molecule has 0 aliphatic carbocycles. The number of halogens is 1. The van der Waals surface area contributed by atoms with Crippen LogP contribution in [0.15, 0.2) is 0 Å². The van der Waals surface area contributed by atoms with Gasteiger partial charge in [-0.3, -0.25) is 0 Å². The number of hydrogen-bond donors (Lipinski definition) is 3. The molecule has 0 bridgehead atoms. The maximum atomic E-state index is 10.3. The fraction of sp³-hybridized carbons (Fsp3) is 0. The predicted octanol–water partition coefficient (Wildman–Crippen LogP) is -1.86. The normalized spacial score (nSPS) is 10.3. The summed E-state index contributed by atoms with van der Waals surface area (Å²) in [4.78, 5) is 22.4. The van der Waals surface area contributed by atoms with E-state index in [2.05, 4.69) is 4.63 Å². The van der Waals surface area contributed by atoms with Gasteiger partial charge < -0.3 is 17.2 Å². The van der Waals surface area contributed by atoms with Crippen LogP contribution in [-0.2, 0) is 4.63 Å². The fourth-order valence-corrected chi connectivity index (χ4v) is 0. The standard InChI is InChI=1S/FH3O4Si.Mg.2H/c1-5-6(2,3)4;;;/h2-4H;;;/q;+2;2*-1. The minimum atomic E-state index is -4.80. The van der Waals surface area contributed by atoms with E-state index in [0.717, 1.165) is 0 Å². The largest absolute Gasteiger partial charge is 2.00 e. The molecule has 0 aromatic rings. The zero-order valence-corrected chi connectivity index (χ0v) is 5.75. The van der Waals surface area contributed by atoms with E-state index in [9.17, 15) is 4.53 Å². The SMILES string of the molecule is O[Si](O)(O)OF.[H-].[H-].[Mg+2]. The Morgan fingerprint density at radius 2 is 1.57 bits per heavy atom. The van der Waals surface area contributed by atoms with Crippen LogP contribution in [0.4, 0.5) is 4.53 Å². The second-order valence-electron chi connectivity index (χ2n) is 0.651. The maximum Gasteiger partial charge on any atom is 2.00 e. The molecule has 42 valence electrons. The molecule has 7 heteroatoms. The summed E-state index contributed by atoms with van der Waals surface area (Å²) in [5.41, 5.74) is 0. The van der Waals surface area contributed by atoms with E-state index >= 15 is 0 Å². The molecule has 0 radical (unpaired) electrons. The van der Waals surface area contributed by atoms with Gasteiger partial charge in [0, 0.05) is 0 Å². The first kappa shape index (κ1) is 10.7. The van der Waals surface area contributed by atoms with Crippen LogP contribution in [0, 0.1) is 0 Å². The molecule has 0 rings (SSSR count). The van der Waals surface area contributed by atoms with Crippen molar-refractivity contribution < 1.29 is 26.4 Å². The molecule has 4 nitrogen and oxygen atoms in total. The topological polar surface area (TPSA) is 69.9 Å². The van der Waals surface area contributed by atoms with Crippen LogP contribution in [0.2, 0.25) is 0 Å². The first-order chi connectivity index (χ1) is 2.56. The van der Waals surface area contributed by atoms with Gasteiger partial charge in [-0.05, 0) is 0 Å². The molecular formula is H5FMgO4Si. The van der Waals surface area contributed by atoms with E-state index in [1.807, 2.05) is 0 Å². The summed E-state index contributed by atoms with van der Waals surface area (Å²) in [6.45, 7) is 0. The summed E-state index contributed by atoms with van der Waals surface area (Å²) in [5.74, 6) is 0. The van der Waals surface area contributed by atoms with Gasteiger partial charge in [-0.15, -0.1) is 0 Å². The predicted molar refractivity (Wildman–Crippen MR) is 22.6 cm³/mol. The Morgan fingerprint density at radius 1 is 1.43 bits per heavy atom. The van der Waals surface area contributed by atoms with Crippen molar-refractivity contribution in [2.75, 3.05) is 0 Å². The maximum absolute atomic E-state index is 10.3. The van der Waals surface area contributed by atoms with Crippen molar-refractivity contribution in [1.82, 2.24) is 0 Å². The van der Waals surface area contributed by atoms with Crippen LogP contribution in [-0.4, -0.2) is 46.5 Å². The van der Waals surface area contributed by atoms with Crippen LogP contribution in [0.25, 0.3) is 0 Å². The summed E-state index contributed by atoms with van der Waals surface area (Å²) >= 11 is 0. The summed E-state index contributed by atoms with van der Waals surface area (Å²) in [6.07, 6.45) is 0. The second-order valence-corrected chi connectivity index (χ2v) is 1.95. The third-order valence-electron chi connectivity index (χ3n) is 0.104. The summed E-state index contributed by atoms with van der Waals surface area (Å²) in [5, 5.41) is 0. The van der Waals surface area contributed by atoms with Crippen molar-refractivity contribution in [3.05, 3.63) is 0 Å². The average molecular weight is 140 g/mol. The van der Waals surface area contributed by atoms with Gasteiger partial charge in [-0.1, -0.05) is 4.53 Å². The van der Waals surface area contributed by atoms with Gasteiger partial charge in [0.05, 0.1) is 0 Å². The molecule has 0 atom stereocenters. The Hall–Kier alpha value is 0.753. The van der Waals surface area contributed by atoms with Gasteiger partial charge in [-0.25, -0.2) is 0 Å². The first-order valence-corrected chi connectivity index (χ1v) is 2.78. The van der Waals surface area contributed by atoms with Crippen LogP contribution in [0.5, 0.6) is 0 Å². The molecule has 0 saturated carbocycles. The molecule has 0 heterocycles. The van der Waals surface area contributed by atoms with E-state index < -0.39 is 9.05 Å². The monoisotopic (exact) mass is 140 g/mol. The van der Waals surface area contributed by atoms with Gasteiger partial charge in [0.15, 0.2) is 0 Å². The van der Waals surface area contributed by atoms with Crippen LogP contribution >= 0.6 is 0 Å². The van der Waals surface area contributed by atoms with Gasteiger partial charge in [0.2, 0.25) is 0 Å². The van der Waals surface area contributed by atoms with Crippen molar-refractivity contribution in [2.45, 2.75) is 0 Å². The molecular weight excluding hydrogens is 135 g/mol. The van der Waals surface area contributed by atoms with Crippen LogP contribution < -0.4 is 0 Å². The Balaban J connectivity index is -0.0000000417. The Kier molecular flexibility index (Phi) is 5.67. The Morgan fingerprint density at radius 3 is 1.57 bits per heavy atom. The Bertz CT molecular complexity index is 48.3. The van der Waals surface area contributed by atoms with E-state index in [1.54, 1.807) is 0 Å². The van der Waals surface area contributed by atoms with E-state index in [-0.39, 0.29) is 25.9 Å². The van der Waals surface area contributed by atoms with Gasteiger partial charge >= 0.3 is 32.1 Å². The molecule has 0 aromatic carbocycles. The van der Waals surface area contributed by atoms with Crippen molar-refractivity contribution in [2.24, 2.45) is 0 Å². The molecule has 7 heavy (non-hydrogen) atoms. The molecule has 0 saturated heterocycles. The zero-order chi connectivity index (χ0) is 5.21. The molecule has 0 fully saturated rings. The van der Waals surface area contributed by atoms with Crippen molar-refractivity contribution in [1.29, 1.82) is 0 Å². The minimum absolute atomic E-state index is 0. The molecule has 3 N–H and O–H groups in total. The van der Waals surface area contributed by atoms with E-state index in [0.29, 0.717) is 0 Å². The molecule has 0 spiro atoms. The average Bonchev–Trinajstić information content (AvgIpc) is 1.35. The summed E-state index contributed by atoms with van der Waals surface area (Å²) < 4.78 is 12.6. The van der Waals surface area contributed by atoms with Crippen LogP contribution in [0.1, 0.15) is 2.85 Å². The summed E-state index contributed by atoms with van der Waals surface area (Å²) in [6, 6.07) is 0. The zero-order valence-electron chi connectivity index (χ0n) is 5.33. The minimum Gasteiger partial charge on any atom is -1.00 e. The first-order valence-electron chi connectivity index (χ1n) is 1.03. The van der Waals surface area contributed by atoms with E-state index in [4.69, 9.17) is 14.4 Å². The van der Waals surface area contributed by atoms with Gasteiger partial charge in [-0.2, -0.15) is 4.63 Å². The molecule has 0 amide bonds. The van der Waals surface area contributed by atoms with Crippen molar-refractivity contribution >= 4 is 32.1 Å². The van der Waals surface area contributed by atoms with Crippen molar-refractivity contribution in [3.8, 4) is 0 Å².